The molecule has 1 unspecified atom stereocenters. The second-order valence-electron chi connectivity index (χ2n) is 4.17. The highest BCUT2D eigenvalue weighted by Crippen LogP contribution is 2.20. The molecule has 3 heteroatoms. The molecule has 0 aliphatic carbocycles. The first-order valence-electron chi connectivity index (χ1n) is 5.87. The van der Waals surface area contributed by atoms with Crippen LogP contribution in [0.25, 0.3) is 0 Å². The van der Waals surface area contributed by atoms with Crippen molar-refractivity contribution in [2.24, 2.45) is 0 Å². The van der Waals surface area contributed by atoms with Gasteiger partial charge < -0.3 is 5.11 Å². The number of carboxylic acid groups (broad SMARTS) is 1. The largest absolute Gasteiger partial charge is 0.478 e. The Balaban J connectivity index is 2.38. The van der Waals surface area contributed by atoms with Gasteiger partial charge in [-0.15, -0.1) is 0 Å². The van der Waals surface area contributed by atoms with E-state index < -0.39 is 5.97 Å². The van der Waals surface area contributed by atoms with Crippen LogP contribution < -0.4 is 0 Å². The van der Waals surface area contributed by atoms with Gasteiger partial charge in [0.2, 0.25) is 0 Å². The fourth-order valence-electron chi connectivity index (χ4n) is 2.25. The van der Waals surface area contributed by atoms with Crippen LogP contribution in [0.3, 0.4) is 0 Å². The van der Waals surface area contributed by atoms with Crippen molar-refractivity contribution in [2.75, 3.05) is 13.1 Å². The molecule has 1 aliphatic heterocycles. The van der Waals surface area contributed by atoms with Gasteiger partial charge in [-0.2, -0.15) is 0 Å². The van der Waals surface area contributed by atoms with Crippen LogP contribution in [0.15, 0.2) is 12.2 Å². The summed E-state index contributed by atoms with van der Waals surface area (Å²) in [5.74, 6) is -0.848. The minimum atomic E-state index is -0.848. The van der Waals surface area contributed by atoms with Gasteiger partial charge in [0.15, 0.2) is 0 Å². The maximum absolute atomic E-state index is 10.3. The number of likely N-dealkylation sites (tertiary alicyclic amines) is 1. The molecule has 0 aromatic rings. The van der Waals surface area contributed by atoms with Gasteiger partial charge in [0, 0.05) is 18.7 Å². The molecule has 0 bridgehead atoms. The molecule has 1 heterocycles. The fraction of sp³-hybridized carbons (Fsp3) is 0.750. The summed E-state index contributed by atoms with van der Waals surface area (Å²) in [6.45, 7) is 4.12. The lowest BCUT2D eigenvalue weighted by Crippen LogP contribution is -2.39. The maximum Gasteiger partial charge on any atom is 0.328 e. The summed E-state index contributed by atoms with van der Waals surface area (Å²) in [5, 5.41) is 8.51. The van der Waals surface area contributed by atoms with E-state index in [1.54, 1.807) is 6.08 Å². The molecule has 1 fully saturated rings. The average molecular weight is 211 g/mol. The Morgan fingerprint density at radius 2 is 2.33 bits per heavy atom. The van der Waals surface area contributed by atoms with Gasteiger partial charge in [0.05, 0.1) is 0 Å². The molecule has 0 aromatic carbocycles. The molecule has 3 nitrogen and oxygen atoms in total. The first kappa shape index (κ1) is 12.2. The summed E-state index contributed by atoms with van der Waals surface area (Å²) in [4.78, 5) is 12.8. The van der Waals surface area contributed by atoms with Crippen LogP contribution in [0.5, 0.6) is 0 Å². The SMILES string of the molecule is CCCC1CCCCN1C/C=C/C(=O)O. The zero-order valence-electron chi connectivity index (χ0n) is 9.48. The minimum absolute atomic E-state index is 0.669. The Bertz CT molecular complexity index is 224. The third-order valence-corrected chi connectivity index (χ3v) is 2.97. The zero-order chi connectivity index (χ0) is 11.1. The smallest absolute Gasteiger partial charge is 0.328 e. The van der Waals surface area contributed by atoms with Crippen molar-refractivity contribution in [3.05, 3.63) is 12.2 Å². The third kappa shape index (κ3) is 4.47. The van der Waals surface area contributed by atoms with Crippen molar-refractivity contribution in [3.8, 4) is 0 Å². The summed E-state index contributed by atoms with van der Waals surface area (Å²) in [5.41, 5.74) is 0. The molecule has 15 heavy (non-hydrogen) atoms. The van der Waals surface area contributed by atoms with E-state index in [2.05, 4.69) is 11.8 Å². The summed E-state index contributed by atoms with van der Waals surface area (Å²) >= 11 is 0. The van der Waals surface area contributed by atoms with Crippen LogP contribution in [0, 0.1) is 0 Å². The van der Waals surface area contributed by atoms with Gasteiger partial charge >= 0.3 is 5.97 Å². The number of hydrogen-bond donors (Lipinski definition) is 1. The van der Waals surface area contributed by atoms with Crippen LogP contribution >= 0.6 is 0 Å². The molecular formula is C12H21NO2. The van der Waals surface area contributed by atoms with Gasteiger partial charge in [-0.05, 0) is 25.8 Å². The standard InChI is InChI=1S/C12H21NO2/c1-2-6-11-7-3-4-9-13(11)10-5-8-12(14)15/h5,8,11H,2-4,6-7,9-10H2,1H3,(H,14,15)/b8-5+. The second kappa shape index (κ2) is 6.62. The van der Waals surface area contributed by atoms with Crippen LogP contribution in [-0.2, 0) is 4.79 Å². The van der Waals surface area contributed by atoms with E-state index in [0.29, 0.717) is 6.04 Å². The first-order chi connectivity index (χ1) is 7.24. The van der Waals surface area contributed by atoms with Gasteiger partial charge in [0.25, 0.3) is 0 Å². The maximum atomic E-state index is 10.3. The molecule has 1 rings (SSSR count). The molecule has 1 atom stereocenters. The third-order valence-electron chi connectivity index (χ3n) is 2.97. The van der Waals surface area contributed by atoms with Crippen LogP contribution in [-0.4, -0.2) is 35.1 Å². The van der Waals surface area contributed by atoms with Crippen LogP contribution in [0.1, 0.15) is 39.0 Å². The Labute approximate surface area is 91.8 Å². The number of carboxylic acids is 1. The molecule has 0 saturated carbocycles. The molecule has 0 radical (unpaired) electrons. The highest BCUT2D eigenvalue weighted by molar-refractivity contribution is 5.79. The van der Waals surface area contributed by atoms with Crippen molar-refractivity contribution < 1.29 is 9.90 Å². The van der Waals surface area contributed by atoms with Gasteiger partial charge in [-0.3, -0.25) is 4.90 Å². The minimum Gasteiger partial charge on any atom is -0.478 e. The summed E-state index contributed by atoms with van der Waals surface area (Å²) in [6, 6.07) is 0.669. The first-order valence-corrected chi connectivity index (χ1v) is 5.87. The number of hydrogen-bond acceptors (Lipinski definition) is 2. The highest BCUT2D eigenvalue weighted by atomic mass is 16.4. The Morgan fingerprint density at radius 3 is 3.00 bits per heavy atom. The lowest BCUT2D eigenvalue weighted by atomic mass is 9.98. The highest BCUT2D eigenvalue weighted by Gasteiger charge is 2.19. The molecule has 0 amide bonds. The molecule has 0 spiro atoms. The molecule has 1 N–H and O–H groups in total. The second-order valence-corrected chi connectivity index (χ2v) is 4.17. The Morgan fingerprint density at radius 1 is 1.53 bits per heavy atom. The fourth-order valence-corrected chi connectivity index (χ4v) is 2.25. The normalized spacial score (nSPS) is 23.4. The number of rotatable bonds is 5. The molecule has 86 valence electrons. The van der Waals surface area contributed by atoms with Crippen molar-refractivity contribution in [1.82, 2.24) is 4.90 Å². The molecular weight excluding hydrogens is 190 g/mol. The monoisotopic (exact) mass is 211 g/mol. The van der Waals surface area contributed by atoms with Gasteiger partial charge in [-0.1, -0.05) is 25.8 Å². The van der Waals surface area contributed by atoms with E-state index in [0.717, 1.165) is 13.1 Å². The van der Waals surface area contributed by atoms with Crippen molar-refractivity contribution in [2.45, 2.75) is 45.1 Å². The lowest BCUT2D eigenvalue weighted by Gasteiger charge is -2.34. The predicted octanol–water partition coefficient (Wildman–Crippen LogP) is 2.28. The topological polar surface area (TPSA) is 40.5 Å². The van der Waals surface area contributed by atoms with E-state index in [9.17, 15) is 4.79 Å². The molecule has 0 aromatic heterocycles. The Kier molecular flexibility index (Phi) is 5.40. The van der Waals surface area contributed by atoms with Gasteiger partial charge in [-0.25, -0.2) is 4.79 Å². The van der Waals surface area contributed by atoms with E-state index in [1.165, 1.54) is 38.2 Å². The van der Waals surface area contributed by atoms with Crippen LogP contribution in [0.4, 0.5) is 0 Å². The zero-order valence-corrected chi connectivity index (χ0v) is 9.48. The van der Waals surface area contributed by atoms with Gasteiger partial charge in [0.1, 0.15) is 0 Å². The van der Waals surface area contributed by atoms with Crippen molar-refractivity contribution >= 4 is 5.97 Å². The predicted molar refractivity (Wildman–Crippen MR) is 60.9 cm³/mol. The quantitative estimate of drug-likeness (QED) is 0.709. The number of piperidine rings is 1. The van der Waals surface area contributed by atoms with E-state index in [4.69, 9.17) is 5.11 Å². The lowest BCUT2D eigenvalue weighted by molar-refractivity contribution is -0.131. The number of carbonyl (C=O) groups is 1. The number of aliphatic carboxylic acids is 1. The van der Waals surface area contributed by atoms with Crippen LogP contribution in [0.2, 0.25) is 0 Å². The average Bonchev–Trinajstić information content (AvgIpc) is 2.20. The number of nitrogens with zero attached hydrogens (tertiary/aromatic N) is 1. The summed E-state index contributed by atoms with van der Waals surface area (Å²) in [7, 11) is 0. The van der Waals surface area contributed by atoms with Crippen molar-refractivity contribution in [3.63, 3.8) is 0 Å². The van der Waals surface area contributed by atoms with E-state index >= 15 is 0 Å². The van der Waals surface area contributed by atoms with E-state index in [-0.39, 0.29) is 0 Å². The molecule has 1 saturated heterocycles. The summed E-state index contributed by atoms with van der Waals surface area (Å²) < 4.78 is 0. The Hall–Kier alpha value is -0.830. The van der Waals surface area contributed by atoms with Crippen molar-refractivity contribution in [1.29, 1.82) is 0 Å². The molecule has 1 aliphatic rings. The van der Waals surface area contributed by atoms with E-state index in [1.807, 2.05) is 0 Å². The summed E-state index contributed by atoms with van der Waals surface area (Å²) in [6.07, 6.45) is 9.30.